The SMILES string of the molecule is C=C1C[C@@]23CC[C@H]4[C@@](C)(CCC[C@@]4(C)C(=O)N[C@@H](C)C(C)=O)[C@@H]2CC[C@]1(O[C@@H]1O[C@H](CO)[C@@H](O)[C@H](O[C@@H]2O[C@H](CO)[C@@H](O)[C@H](O)[C@H]2O)[C@H]1O[C@@H]1O[C@H](CO)[C@@H](O)[C@H](O)[C@H]1O)C3. The summed E-state index contributed by atoms with van der Waals surface area (Å²) in [6.07, 6.45) is -19.2. The third-order valence-corrected chi connectivity index (χ3v) is 16.0. The molecule has 0 unspecified atom stereocenters. The zero-order valence-corrected chi connectivity index (χ0v) is 35.3. The van der Waals surface area contributed by atoms with Gasteiger partial charge in [-0.25, -0.2) is 0 Å². The monoisotopic (exact) mass is 873 g/mol. The largest absolute Gasteiger partial charge is 0.394 e. The Balaban J connectivity index is 1.19. The molecule has 22 atom stereocenters. The number of hydrogen-bond donors (Lipinski definition) is 11. The van der Waals surface area contributed by atoms with E-state index in [4.69, 9.17) is 28.4 Å². The molecule has 2 bridgehead atoms. The van der Waals surface area contributed by atoms with Crippen molar-refractivity contribution in [1.82, 2.24) is 5.32 Å². The van der Waals surface area contributed by atoms with Gasteiger partial charge in [0.25, 0.3) is 0 Å². The number of ether oxygens (including phenoxy) is 6. The smallest absolute Gasteiger partial charge is 0.226 e. The van der Waals surface area contributed by atoms with Crippen LogP contribution in [0.5, 0.6) is 0 Å². The summed E-state index contributed by atoms with van der Waals surface area (Å²) in [7, 11) is 0. The van der Waals surface area contributed by atoms with Crippen molar-refractivity contribution in [2.24, 2.45) is 28.1 Å². The maximum atomic E-state index is 14.0. The van der Waals surface area contributed by atoms with E-state index >= 15 is 0 Å². The van der Waals surface area contributed by atoms with Gasteiger partial charge >= 0.3 is 0 Å². The van der Waals surface area contributed by atoms with E-state index in [0.29, 0.717) is 32.1 Å². The molecule has 0 radical (unpaired) electrons. The number of Topliss-reactive ketones (excluding diaryl/α,β-unsaturated/α-hetero) is 1. The molecule has 1 spiro atoms. The van der Waals surface area contributed by atoms with Gasteiger partial charge in [0, 0.05) is 5.41 Å². The van der Waals surface area contributed by atoms with Gasteiger partial charge in [0.2, 0.25) is 5.91 Å². The highest BCUT2D eigenvalue weighted by Gasteiger charge is 2.69. The Hall–Kier alpha value is -1.76. The van der Waals surface area contributed by atoms with Gasteiger partial charge in [-0.3, -0.25) is 9.59 Å². The number of hydrogen-bond acceptors (Lipinski definition) is 18. The van der Waals surface area contributed by atoms with Gasteiger partial charge in [0.05, 0.1) is 31.5 Å². The molecule has 0 aromatic heterocycles. The second kappa shape index (κ2) is 17.6. The molecule has 7 aliphatic rings. The van der Waals surface area contributed by atoms with Gasteiger partial charge in [-0.05, 0) is 93.5 Å². The van der Waals surface area contributed by atoms with Crippen molar-refractivity contribution in [3.8, 4) is 0 Å². The number of rotatable bonds is 12. The Kier molecular flexibility index (Phi) is 13.6. The van der Waals surface area contributed by atoms with Gasteiger partial charge in [0.15, 0.2) is 24.7 Å². The van der Waals surface area contributed by atoms with Crippen molar-refractivity contribution < 1.29 is 89.1 Å². The van der Waals surface area contributed by atoms with E-state index in [1.165, 1.54) is 6.92 Å². The quantitative estimate of drug-likeness (QED) is 0.0722. The first kappa shape index (κ1) is 47.2. The van der Waals surface area contributed by atoms with E-state index in [1.807, 2.05) is 6.92 Å². The third-order valence-electron chi connectivity index (χ3n) is 16.0. The van der Waals surface area contributed by atoms with Crippen molar-refractivity contribution in [2.45, 2.75) is 189 Å². The lowest BCUT2D eigenvalue weighted by Gasteiger charge is -2.64. The number of fused-ring (bicyclic) bond motifs is 3. The molecule has 19 nitrogen and oxygen atoms in total. The normalized spacial score (nSPS) is 51.6. The van der Waals surface area contributed by atoms with Crippen molar-refractivity contribution in [2.75, 3.05) is 19.8 Å². The second-order valence-corrected chi connectivity index (χ2v) is 19.5. The van der Waals surface area contributed by atoms with Crippen molar-refractivity contribution in [1.29, 1.82) is 0 Å². The van der Waals surface area contributed by atoms with Crippen LogP contribution in [0.15, 0.2) is 12.2 Å². The summed E-state index contributed by atoms with van der Waals surface area (Å²) in [5.41, 5.74) is -1.47. The number of carbonyl (C=O) groups excluding carboxylic acids is 2. The third kappa shape index (κ3) is 7.95. The Labute approximate surface area is 354 Å². The molecule has 0 aromatic carbocycles. The molecule has 3 heterocycles. The molecular formula is C42H67NO18. The molecule has 7 rings (SSSR count). The first-order chi connectivity index (χ1) is 28.7. The van der Waals surface area contributed by atoms with Crippen LogP contribution < -0.4 is 5.32 Å². The fourth-order valence-corrected chi connectivity index (χ4v) is 12.6. The fourth-order valence-electron chi connectivity index (χ4n) is 12.6. The highest BCUT2D eigenvalue weighted by Crippen LogP contribution is 2.73. The molecule has 3 saturated heterocycles. The summed E-state index contributed by atoms with van der Waals surface area (Å²) in [5.74, 6) is 0.0130. The Morgan fingerprint density at radius 1 is 0.721 bits per heavy atom. The molecule has 3 aliphatic heterocycles. The maximum absolute atomic E-state index is 14.0. The van der Waals surface area contributed by atoms with Crippen LogP contribution in [0.4, 0.5) is 0 Å². The van der Waals surface area contributed by atoms with E-state index < -0.39 is 129 Å². The van der Waals surface area contributed by atoms with Crippen molar-refractivity contribution in [3.63, 3.8) is 0 Å². The minimum Gasteiger partial charge on any atom is -0.394 e. The maximum Gasteiger partial charge on any atom is 0.226 e. The van der Waals surface area contributed by atoms with Crippen LogP contribution in [0.1, 0.15) is 85.5 Å². The lowest BCUT2D eigenvalue weighted by Crippen LogP contribution is -2.68. The van der Waals surface area contributed by atoms with E-state index in [-0.39, 0.29) is 34.4 Å². The topological polar surface area (TPSA) is 304 Å². The summed E-state index contributed by atoms with van der Waals surface area (Å²) < 4.78 is 36.9. The zero-order valence-electron chi connectivity index (χ0n) is 35.3. The summed E-state index contributed by atoms with van der Waals surface area (Å²) >= 11 is 0. The Morgan fingerprint density at radius 3 is 1.80 bits per heavy atom. The molecule has 0 aromatic rings. The van der Waals surface area contributed by atoms with Gasteiger partial charge in [0.1, 0.15) is 73.2 Å². The molecule has 1 amide bonds. The van der Waals surface area contributed by atoms with E-state index in [9.17, 15) is 60.7 Å². The molecule has 19 heteroatoms. The van der Waals surface area contributed by atoms with Crippen molar-refractivity contribution in [3.05, 3.63) is 12.2 Å². The van der Waals surface area contributed by atoms with Gasteiger partial charge in [-0.2, -0.15) is 0 Å². The zero-order chi connectivity index (χ0) is 44.6. The summed E-state index contributed by atoms with van der Waals surface area (Å²) in [6, 6.07) is -0.595. The molecule has 348 valence electrons. The molecular weight excluding hydrogens is 806 g/mol. The number of carbonyl (C=O) groups is 2. The molecule has 7 fully saturated rings. The molecule has 4 saturated carbocycles. The molecule has 61 heavy (non-hydrogen) atoms. The lowest BCUT2D eigenvalue weighted by atomic mass is 9.40. The van der Waals surface area contributed by atoms with Gasteiger partial charge in [-0.15, -0.1) is 0 Å². The van der Waals surface area contributed by atoms with Crippen molar-refractivity contribution >= 4 is 11.7 Å². The van der Waals surface area contributed by atoms with Crippen LogP contribution in [-0.2, 0) is 38.0 Å². The Bertz CT molecular complexity index is 1620. The highest BCUT2D eigenvalue weighted by atomic mass is 16.8. The first-order valence-corrected chi connectivity index (χ1v) is 21.7. The summed E-state index contributed by atoms with van der Waals surface area (Å²) in [6.45, 7) is 9.69. The summed E-state index contributed by atoms with van der Waals surface area (Å²) in [5, 5.41) is 109. The minimum atomic E-state index is -1.92. The average Bonchev–Trinajstić information content (AvgIpc) is 3.42. The number of amides is 1. The number of aliphatic hydroxyl groups is 10. The summed E-state index contributed by atoms with van der Waals surface area (Å²) in [4.78, 5) is 26.1. The van der Waals surface area contributed by atoms with Gasteiger partial charge < -0.3 is 84.8 Å². The first-order valence-electron chi connectivity index (χ1n) is 21.7. The van der Waals surface area contributed by atoms with Gasteiger partial charge in [-0.1, -0.05) is 26.8 Å². The average molecular weight is 874 g/mol. The van der Waals surface area contributed by atoms with Crippen LogP contribution in [-0.4, -0.2) is 186 Å². The predicted octanol–water partition coefficient (Wildman–Crippen LogP) is -2.36. The molecule has 4 aliphatic carbocycles. The van der Waals surface area contributed by atoms with Crippen LogP contribution in [0.25, 0.3) is 0 Å². The number of ketones is 1. The van der Waals surface area contributed by atoms with E-state index in [2.05, 4.69) is 18.8 Å². The molecule has 11 N–H and O–H groups in total. The number of aliphatic hydroxyl groups excluding tert-OH is 10. The van der Waals surface area contributed by atoms with Crippen LogP contribution >= 0.6 is 0 Å². The standard InChI is InChI=1S/C42H67NO18/c1-18-13-41-11-7-24-39(4,9-6-10-40(24,5)38(55)43-19(2)20(3)47)25(41)8-12-42(18,17-41)61-37-34(60-36-32(54)30(52)27(49)22(15-45)57-36)33(28(50)23(16-46)58-37)59-35-31(53)29(51)26(48)21(14-44)56-35/h19,21-37,44-46,48-54H,1,6-17H2,2-5H3,(H,43,55)/t19-,21+,22+,23+,24-,25-,26+,27+,28+,29-,30-,31+,32+,33-,34+,35-,36-,37-,39+,40+,41+,42-/m0/s1. The van der Waals surface area contributed by atoms with E-state index in [0.717, 1.165) is 31.3 Å². The predicted molar refractivity (Wildman–Crippen MR) is 207 cm³/mol. The van der Waals surface area contributed by atoms with Crippen LogP contribution in [0, 0.1) is 28.1 Å². The van der Waals surface area contributed by atoms with E-state index in [1.54, 1.807) is 6.92 Å². The number of nitrogens with one attached hydrogen (secondary N) is 1. The van der Waals surface area contributed by atoms with Crippen LogP contribution in [0.2, 0.25) is 0 Å². The highest BCUT2D eigenvalue weighted by molar-refractivity contribution is 5.89. The minimum absolute atomic E-state index is 0.0518. The fraction of sp³-hybridized carbons (Fsp3) is 0.905. The van der Waals surface area contributed by atoms with Crippen LogP contribution in [0.3, 0.4) is 0 Å². The second-order valence-electron chi connectivity index (χ2n) is 19.5. The Morgan fingerprint density at radius 2 is 1.25 bits per heavy atom. The lowest BCUT2D eigenvalue weighted by molar-refractivity contribution is -0.400.